The number of likely N-dealkylation sites (tertiary alicyclic amines) is 1. The number of halogens is 3. The molecule has 3 heterocycles. The Morgan fingerprint density at radius 2 is 1.93 bits per heavy atom. The molecule has 2 atom stereocenters. The van der Waals surface area contributed by atoms with Gasteiger partial charge in [0.2, 0.25) is 0 Å². The molecule has 168 valence electrons. The second kappa shape index (κ2) is 9.56. The summed E-state index contributed by atoms with van der Waals surface area (Å²) in [6, 6.07) is 0. The van der Waals surface area contributed by atoms with Crippen LogP contribution in [0.2, 0.25) is 0 Å². The molecule has 1 aromatic rings. The fourth-order valence-corrected chi connectivity index (χ4v) is 4.17. The van der Waals surface area contributed by atoms with Gasteiger partial charge >= 0.3 is 12.1 Å². The number of carbonyl (C=O) groups excluding carboxylic acids is 1. The third-order valence-corrected chi connectivity index (χ3v) is 6.16. The van der Waals surface area contributed by atoms with Gasteiger partial charge in [-0.3, -0.25) is 4.79 Å². The van der Waals surface area contributed by atoms with Crippen molar-refractivity contribution in [3.63, 3.8) is 0 Å². The molecule has 30 heavy (non-hydrogen) atoms. The smallest absolute Gasteiger partial charge is 0.475 e. The van der Waals surface area contributed by atoms with Gasteiger partial charge in [0.25, 0.3) is 5.91 Å². The monoisotopic (exact) mass is 450 g/mol. The van der Waals surface area contributed by atoms with Gasteiger partial charge in [-0.05, 0) is 43.6 Å². The normalized spacial score (nSPS) is 25.0. The predicted molar refractivity (Wildman–Crippen MR) is 101 cm³/mol. The molecule has 4 rings (SSSR count). The van der Waals surface area contributed by atoms with Gasteiger partial charge in [0.15, 0.2) is 5.69 Å². The minimum atomic E-state index is -5.08. The van der Waals surface area contributed by atoms with Crippen LogP contribution in [-0.2, 0) is 9.53 Å². The Bertz CT molecular complexity index is 756. The number of alkyl halides is 3. The maximum absolute atomic E-state index is 12.6. The van der Waals surface area contributed by atoms with Crippen molar-refractivity contribution in [3.8, 4) is 0 Å². The Kier molecular flexibility index (Phi) is 7.30. The number of aliphatic carboxylic acids is 1. The van der Waals surface area contributed by atoms with E-state index in [2.05, 4.69) is 14.5 Å². The molecular weight excluding hydrogens is 425 g/mol. The molecular formula is C18H25F3N4O4S. The summed E-state index contributed by atoms with van der Waals surface area (Å²) in [6.07, 6.45) is -1.10. The van der Waals surface area contributed by atoms with E-state index in [1.807, 2.05) is 11.8 Å². The van der Waals surface area contributed by atoms with Gasteiger partial charge < -0.3 is 19.6 Å². The molecule has 2 saturated heterocycles. The number of ether oxygens (including phenoxy) is 1. The lowest BCUT2D eigenvalue weighted by atomic mass is 9.93. The zero-order valence-corrected chi connectivity index (χ0v) is 17.4. The van der Waals surface area contributed by atoms with Crippen LogP contribution in [0, 0.1) is 18.8 Å². The van der Waals surface area contributed by atoms with Crippen LogP contribution < -0.4 is 0 Å². The van der Waals surface area contributed by atoms with E-state index in [0.29, 0.717) is 18.2 Å². The zero-order valence-electron chi connectivity index (χ0n) is 16.6. The highest BCUT2D eigenvalue weighted by atomic mass is 32.1. The van der Waals surface area contributed by atoms with Crippen molar-refractivity contribution in [2.24, 2.45) is 11.8 Å². The van der Waals surface area contributed by atoms with Crippen molar-refractivity contribution in [2.45, 2.75) is 38.5 Å². The summed E-state index contributed by atoms with van der Waals surface area (Å²) in [4.78, 5) is 26.9. The molecule has 0 spiro atoms. The van der Waals surface area contributed by atoms with Crippen molar-refractivity contribution in [2.75, 3.05) is 39.3 Å². The predicted octanol–water partition coefficient (Wildman–Crippen LogP) is 2.05. The Labute approximate surface area is 176 Å². The fourth-order valence-electron chi connectivity index (χ4n) is 3.71. The van der Waals surface area contributed by atoms with Crippen LogP contribution in [0.3, 0.4) is 0 Å². The number of carboxylic acids is 1. The van der Waals surface area contributed by atoms with Gasteiger partial charge in [0, 0.05) is 38.6 Å². The second-order valence-corrected chi connectivity index (χ2v) is 8.85. The van der Waals surface area contributed by atoms with E-state index in [0.717, 1.165) is 43.5 Å². The average molecular weight is 450 g/mol. The lowest BCUT2D eigenvalue weighted by molar-refractivity contribution is -0.192. The number of aryl methyl sites for hydroxylation is 1. The van der Waals surface area contributed by atoms with E-state index in [-0.39, 0.29) is 12.0 Å². The van der Waals surface area contributed by atoms with Crippen LogP contribution in [0.25, 0.3) is 0 Å². The zero-order chi connectivity index (χ0) is 21.9. The molecule has 1 aliphatic carbocycles. The van der Waals surface area contributed by atoms with Crippen molar-refractivity contribution in [1.29, 1.82) is 0 Å². The van der Waals surface area contributed by atoms with Gasteiger partial charge in [-0.1, -0.05) is 4.49 Å². The second-order valence-electron chi connectivity index (χ2n) is 7.89. The molecule has 0 unspecified atom stereocenters. The van der Waals surface area contributed by atoms with Crippen LogP contribution in [-0.4, -0.2) is 88.0 Å². The number of nitrogens with zero attached hydrogens (tertiary/aromatic N) is 4. The fraction of sp³-hybridized carbons (Fsp3) is 0.778. The van der Waals surface area contributed by atoms with Crippen molar-refractivity contribution in [3.05, 3.63) is 10.6 Å². The number of carboxylic acid groups (broad SMARTS) is 1. The number of piperidine rings is 1. The summed E-state index contributed by atoms with van der Waals surface area (Å²) in [5.41, 5.74) is 0.512. The summed E-state index contributed by atoms with van der Waals surface area (Å²) in [7, 11) is 0. The molecule has 0 aromatic carbocycles. The summed E-state index contributed by atoms with van der Waals surface area (Å²) in [5.74, 6) is -1.27. The van der Waals surface area contributed by atoms with Crippen LogP contribution in [0.1, 0.15) is 34.6 Å². The van der Waals surface area contributed by atoms with E-state index < -0.39 is 12.1 Å². The van der Waals surface area contributed by atoms with E-state index in [1.165, 1.54) is 30.9 Å². The Balaban J connectivity index is 0.000000318. The first-order valence-electron chi connectivity index (χ1n) is 9.87. The van der Waals surface area contributed by atoms with Crippen LogP contribution in [0.5, 0.6) is 0 Å². The molecule has 8 nitrogen and oxygen atoms in total. The Hall–Kier alpha value is -1.79. The summed E-state index contributed by atoms with van der Waals surface area (Å²) < 4.78 is 41.7. The van der Waals surface area contributed by atoms with Gasteiger partial charge in [0.1, 0.15) is 0 Å². The van der Waals surface area contributed by atoms with Crippen LogP contribution >= 0.6 is 11.5 Å². The number of hydrogen-bond acceptors (Lipinski definition) is 7. The number of aromatic nitrogens is 2. The molecule has 1 N–H and O–H groups in total. The van der Waals surface area contributed by atoms with E-state index >= 15 is 0 Å². The highest BCUT2D eigenvalue weighted by Crippen LogP contribution is 2.32. The summed E-state index contributed by atoms with van der Waals surface area (Å²) >= 11 is 1.29. The highest BCUT2D eigenvalue weighted by Gasteiger charge is 2.38. The molecule has 1 saturated carbocycles. The summed E-state index contributed by atoms with van der Waals surface area (Å²) in [5, 5.41) is 11.1. The van der Waals surface area contributed by atoms with Gasteiger partial charge in [-0.15, -0.1) is 5.10 Å². The SMILES string of the molecule is Cc1snnc1C(=O)N1CC[C@@H]2CN(CC3CC3)CCO[C@@H]2C1.O=C(O)C(F)(F)F. The van der Waals surface area contributed by atoms with Gasteiger partial charge in [-0.25, -0.2) is 4.79 Å². The van der Waals surface area contributed by atoms with E-state index in [4.69, 9.17) is 14.6 Å². The molecule has 12 heteroatoms. The Morgan fingerprint density at radius 1 is 1.23 bits per heavy atom. The lowest BCUT2D eigenvalue weighted by Crippen LogP contribution is -2.49. The molecule has 0 radical (unpaired) electrons. The maximum Gasteiger partial charge on any atom is 0.490 e. The number of carbonyl (C=O) groups is 2. The molecule has 3 fully saturated rings. The first kappa shape index (κ1) is 22.9. The topological polar surface area (TPSA) is 95.9 Å². The largest absolute Gasteiger partial charge is 0.490 e. The molecule has 0 bridgehead atoms. The van der Waals surface area contributed by atoms with Gasteiger partial charge in [-0.2, -0.15) is 13.2 Å². The van der Waals surface area contributed by atoms with Crippen molar-refractivity contribution in [1.82, 2.24) is 19.4 Å². The standard InChI is InChI=1S/C16H24N4O2S.C2HF3O2/c1-11-15(17-18-23-11)16(21)20-5-4-13-9-19(8-12-2-3-12)6-7-22-14(13)10-20;3-2(4,5)1(6)7/h12-14H,2-10H2,1H3;(H,6,7)/t13-,14-;/m1./s1. The number of fused-ring (bicyclic) bond motifs is 1. The van der Waals surface area contributed by atoms with Gasteiger partial charge in [0.05, 0.1) is 17.6 Å². The minimum Gasteiger partial charge on any atom is -0.475 e. The first-order chi connectivity index (χ1) is 14.1. The average Bonchev–Trinajstić information content (AvgIpc) is 3.43. The van der Waals surface area contributed by atoms with Crippen molar-refractivity contribution >= 4 is 23.4 Å². The third kappa shape index (κ3) is 6.11. The molecule has 2 aliphatic heterocycles. The maximum atomic E-state index is 12.6. The van der Waals surface area contributed by atoms with Crippen LogP contribution in [0.4, 0.5) is 13.2 Å². The number of amides is 1. The quantitative estimate of drug-likeness (QED) is 0.753. The van der Waals surface area contributed by atoms with Crippen molar-refractivity contribution < 1.29 is 32.6 Å². The molecule has 1 aromatic heterocycles. The minimum absolute atomic E-state index is 0.0115. The summed E-state index contributed by atoms with van der Waals surface area (Å²) in [6.45, 7) is 7.58. The Morgan fingerprint density at radius 3 is 2.50 bits per heavy atom. The number of hydrogen-bond donors (Lipinski definition) is 1. The first-order valence-corrected chi connectivity index (χ1v) is 10.6. The van der Waals surface area contributed by atoms with E-state index in [1.54, 1.807) is 0 Å². The molecule has 3 aliphatic rings. The van der Waals surface area contributed by atoms with Crippen LogP contribution in [0.15, 0.2) is 0 Å². The molecule has 1 amide bonds. The lowest BCUT2D eigenvalue weighted by Gasteiger charge is -2.37. The number of rotatable bonds is 3. The van der Waals surface area contributed by atoms with E-state index in [9.17, 15) is 18.0 Å². The highest BCUT2D eigenvalue weighted by molar-refractivity contribution is 7.05. The third-order valence-electron chi connectivity index (χ3n) is 5.53.